The highest BCUT2D eigenvalue weighted by molar-refractivity contribution is 5.79. The fraction of sp³-hybridized carbons (Fsp3) is 0.875. The van der Waals surface area contributed by atoms with Gasteiger partial charge in [0.1, 0.15) is 0 Å². The number of carbonyl (C=O) groups excluding carboxylic acids is 2. The molecule has 0 spiro atoms. The Bertz CT molecular complexity index is 538. The molecule has 0 aromatic carbocycles. The first kappa shape index (κ1) is 27.2. The Morgan fingerprint density at radius 1 is 0.871 bits per heavy atom. The molecule has 1 saturated heterocycles. The van der Waals surface area contributed by atoms with Crippen molar-refractivity contribution in [3.8, 4) is 0 Å². The van der Waals surface area contributed by atoms with Gasteiger partial charge in [-0.2, -0.15) is 0 Å². The number of hydrogen-bond acceptors (Lipinski definition) is 3. The number of guanidine groups is 1. The summed E-state index contributed by atoms with van der Waals surface area (Å²) in [7, 11) is 0. The lowest BCUT2D eigenvalue weighted by Gasteiger charge is -2.35. The smallest absolute Gasteiger partial charge is 0.222 e. The molecule has 0 saturated carbocycles. The van der Waals surface area contributed by atoms with Crippen LogP contribution in [0.25, 0.3) is 0 Å². The summed E-state index contributed by atoms with van der Waals surface area (Å²) in [6.07, 6.45) is 6.49. The number of rotatable bonds is 13. The van der Waals surface area contributed by atoms with E-state index in [1.54, 1.807) is 0 Å². The lowest BCUT2D eigenvalue weighted by Crippen LogP contribution is -2.50. The predicted molar refractivity (Wildman–Crippen MR) is 129 cm³/mol. The molecule has 1 aliphatic heterocycles. The van der Waals surface area contributed by atoms with Crippen LogP contribution in [0.4, 0.5) is 0 Å². The molecule has 0 aromatic rings. The summed E-state index contributed by atoms with van der Waals surface area (Å²) in [6.45, 7) is 15.9. The van der Waals surface area contributed by atoms with E-state index in [-0.39, 0.29) is 11.8 Å². The number of carbonyl (C=O) groups is 2. The molecule has 180 valence electrons. The van der Waals surface area contributed by atoms with Crippen molar-refractivity contribution < 1.29 is 9.59 Å². The van der Waals surface area contributed by atoms with Crippen molar-refractivity contribution in [1.82, 2.24) is 20.4 Å². The van der Waals surface area contributed by atoms with E-state index in [2.05, 4.69) is 45.3 Å². The maximum Gasteiger partial charge on any atom is 0.222 e. The molecule has 2 amide bonds. The molecule has 1 fully saturated rings. The minimum absolute atomic E-state index is 0.218. The van der Waals surface area contributed by atoms with E-state index in [9.17, 15) is 9.59 Å². The molecule has 0 radical (unpaired) electrons. The molecule has 0 aliphatic carbocycles. The summed E-state index contributed by atoms with van der Waals surface area (Å²) >= 11 is 0. The highest BCUT2D eigenvalue weighted by Gasteiger charge is 2.23. The van der Waals surface area contributed by atoms with E-state index in [1.165, 1.54) is 0 Å². The van der Waals surface area contributed by atoms with Crippen molar-refractivity contribution in [3.63, 3.8) is 0 Å². The molecule has 0 bridgehead atoms. The monoisotopic (exact) mass is 437 g/mol. The Hall–Kier alpha value is -1.79. The summed E-state index contributed by atoms with van der Waals surface area (Å²) in [4.78, 5) is 33.1. The molecular formula is C24H47N5O2. The summed E-state index contributed by atoms with van der Waals surface area (Å²) in [5.74, 6) is 2.37. The van der Waals surface area contributed by atoms with Crippen molar-refractivity contribution in [3.05, 3.63) is 0 Å². The van der Waals surface area contributed by atoms with Crippen LogP contribution < -0.4 is 10.6 Å². The van der Waals surface area contributed by atoms with Crippen LogP contribution in [0.5, 0.6) is 0 Å². The minimum Gasteiger partial charge on any atom is -0.357 e. The first-order chi connectivity index (χ1) is 14.9. The number of piperazine rings is 1. The van der Waals surface area contributed by atoms with Gasteiger partial charge in [-0.15, -0.1) is 0 Å². The van der Waals surface area contributed by atoms with Crippen molar-refractivity contribution in [1.29, 1.82) is 0 Å². The van der Waals surface area contributed by atoms with Gasteiger partial charge in [-0.3, -0.25) is 14.6 Å². The zero-order valence-electron chi connectivity index (χ0n) is 20.7. The maximum atomic E-state index is 12.5. The molecular weight excluding hydrogens is 390 g/mol. The number of nitrogens with zero attached hydrogens (tertiary/aromatic N) is 3. The van der Waals surface area contributed by atoms with E-state index in [0.717, 1.165) is 57.7 Å². The van der Waals surface area contributed by atoms with E-state index >= 15 is 0 Å². The highest BCUT2D eigenvalue weighted by Crippen LogP contribution is 2.11. The molecule has 1 rings (SSSR count). The summed E-state index contributed by atoms with van der Waals surface area (Å²) in [5.41, 5.74) is 0. The summed E-state index contributed by atoms with van der Waals surface area (Å²) < 4.78 is 0. The molecule has 1 aliphatic rings. The first-order valence-corrected chi connectivity index (χ1v) is 12.5. The van der Waals surface area contributed by atoms with Gasteiger partial charge in [-0.05, 0) is 31.6 Å². The fourth-order valence-corrected chi connectivity index (χ4v) is 3.74. The first-order valence-electron chi connectivity index (χ1n) is 12.5. The van der Waals surface area contributed by atoms with Crippen molar-refractivity contribution >= 4 is 17.8 Å². The molecule has 0 atom stereocenters. The quantitative estimate of drug-likeness (QED) is 0.263. The highest BCUT2D eigenvalue weighted by atomic mass is 16.2. The molecule has 0 aromatic heterocycles. The van der Waals surface area contributed by atoms with Crippen LogP contribution in [0.3, 0.4) is 0 Å². The van der Waals surface area contributed by atoms with Crippen LogP contribution in [0, 0.1) is 11.8 Å². The minimum atomic E-state index is 0.218. The maximum absolute atomic E-state index is 12.5. The van der Waals surface area contributed by atoms with E-state index in [1.807, 2.05) is 9.80 Å². The van der Waals surface area contributed by atoms with Crippen LogP contribution in [0.1, 0.15) is 79.6 Å². The van der Waals surface area contributed by atoms with Crippen molar-refractivity contribution in [2.24, 2.45) is 16.8 Å². The topological polar surface area (TPSA) is 77.0 Å². The lowest BCUT2D eigenvalue weighted by molar-refractivity contribution is -0.140. The standard InChI is InChI=1S/C24H47N5O2/c1-6-21(7-2)19-27-24(25-8-3)26-13-11-9-10-12-22(30)28-14-16-29(17-15-28)23(31)18-20(4)5/h20-21H,6-19H2,1-5H3,(H2,25,26,27). The Morgan fingerprint density at radius 2 is 1.48 bits per heavy atom. The zero-order valence-corrected chi connectivity index (χ0v) is 20.7. The van der Waals surface area contributed by atoms with Crippen LogP contribution >= 0.6 is 0 Å². The lowest BCUT2D eigenvalue weighted by atomic mass is 10.0. The average molecular weight is 438 g/mol. The molecule has 2 N–H and O–H groups in total. The third-order valence-electron chi connectivity index (χ3n) is 5.93. The normalized spacial score (nSPS) is 15.0. The van der Waals surface area contributed by atoms with Gasteiger partial charge >= 0.3 is 0 Å². The SMILES string of the molecule is CCNC(=NCC(CC)CC)NCCCCCC(=O)N1CCN(C(=O)CC(C)C)CC1. The average Bonchev–Trinajstić information content (AvgIpc) is 2.76. The van der Waals surface area contributed by atoms with Crippen LogP contribution in [0.15, 0.2) is 4.99 Å². The predicted octanol–water partition coefficient (Wildman–Crippen LogP) is 3.26. The van der Waals surface area contributed by atoms with Crippen LogP contribution in [-0.2, 0) is 9.59 Å². The van der Waals surface area contributed by atoms with E-state index in [4.69, 9.17) is 4.99 Å². The molecule has 7 heteroatoms. The Labute approximate surface area is 190 Å². The molecule has 0 unspecified atom stereocenters. The third-order valence-corrected chi connectivity index (χ3v) is 5.93. The molecule has 31 heavy (non-hydrogen) atoms. The number of amides is 2. The second-order valence-corrected chi connectivity index (χ2v) is 9.00. The van der Waals surface area contributed by atoms with Crippen molar-refractivity contribution in [2.45, 2.75) is 79.6 Å². The number of hydrogen-bond donors (Lipinski definition) is 2. The molecule has 7 nitrogen and oxygen atoms in total. The van der Waals surface area contributed by atoms with Crippen molar-refractivity contribution in [2.75, 3.05) is 45.8 Å². The second-order valence-electron chi connectivity index (χ2n) is 9.00. The van der Waals surface area contributed by atoms with Crippen LogP contribution in [0.2, 0.25) is 0 Å². The van der Waals surface area contributed by atoms with Crippen LogP contribution in [-0.4, -0.2) is 73.4 Å². The summed E-state index contributed by atoms with van der Waals surface area (Å²) in [5, 5.41) is 6.72. The Balaban J connectivity index is 2.20. The van der Waals surface area contributed by atoms with Gasteiger partial charge in [0.25, 0.3) is 0 Å². The van der Waals surface area contributed by atoms with Gasteiger partial charge in [0.2, 0.25) is 11.8 Å². The van der Waals surface area contributed by atoms with Gasteiger partial charge in [0, 0.05) is 58.7 Å². The molecule has 1 heterocycles. The second kappa shape index (κ2) is 15.9. The number of nitrogens with one attached hydrogen (secondary N) is 2. The largest absolute Gasteiger partial charge is 0.357 e. The number of aliphatic imine (C=N–C) groups is 1. The Morgan fingerprint density at radius 3 is 2.03 bits per heavy atom. The van der Waals surface area contributed by atoms with Gasteiger partial charge in [-0.1, -0.05) is 47.0 Å². The zero-order chi connectivity index (χ0) is 23.1. The van der Waals surface area contributed by atoms with E-state index < -0.39 is 0 Å². The fourth-order valence-electron chi connectivity index (χ4n) is 3.74. The van der Waals surface area contributed by atoms with Gasteiger partial charge in [-0.25, -0.2) is 0 Å². The summed E-state index contributed by atoms with van der Waals surface area (Å²) in [6, 6.07) is 0. The number of unbranched alkanes of at least 4 members (excludes halogenated alkanes) is 2. The Kier molecular flexibility index (Phi) is 14.0. The van der Waals surface area contributed by atoms with Gasteiger partial charge in [0.05, 0.1) is 0 Å². The third kappa shape index (κ3) is 11.4. The van der Waals surface area contributed by atoms with Gasteiger partial charge < -0.3 is 20.4 Å². The van der Waals surface area contributed by atoms with E-state index in [0.29, 0.717) is 50.9 Å². The van der Waals surface area contributed by atoms with Gasteiger partial charge in [0.15, 0.2) is 5.96 Å².